The van der Waals surface area contributed by atoms with Gasteiger partial charge in [-0.25, -0.2) is 4.39 Å². The van der Waals surface area contributed by atoms with Gasteiger partial charge >= 0.3 is 0 Å². The van der Waals surface area contributed by atoms with Crippen molar-refractivity contribution < 1.29 is 14.3 Å². The summed E-state index contributed by atoms with van der Waals surface area (Å²) in [5.41, 5.74) is 0.646. The number of benzene rings is 1. The Hall–Kier alpha value is -1.42. The fourth-order valence-corrected chi connectivity index (χ4v) is 2.35. The molecule has 4 heteroatoms. The Kier molecular flexibility index (Phi) is 3.97. The molecular weight excluding hydrogens is 233 g/mol. The number of hydrogen-bond acceptors (Lipinski definition) is 2. The van der Waals surface area contributed by atoms with E-state index >= 15 is 0 Å². The molecule has 1 saturated carbocycles. The molecule has 2 N–H and O–H groups in total. The van der Waals surface area contributed by atoms with Crippen molar-refractivity contribution in [2.75, 3.05) is 6.61 Å². The van der Waals surface area contributed by atoms with Crippen molar-refractivity contribution in [3.8, 4) is 0 Å². The summed E-state index contributed by atoms with van der Waals surface area (Å²) in [6.07, 6.45) is 3.66. The Morgan fingerprint density at radius 3 is 2.50 bits per heavy atom. The van der Waals surface area contributed by atoms with Gasteiger partial charge in [0, 0.05) is 13.0 Å². The monoisotopic (exact) mass is 251 g/mol. The molecular formula is C14H18FNO2. The zero-order chi connectivity index (χ0) is 13.0. The Balaban J connectivity index is 2.06. The highest BCUT2D eigenvalue weighted by atomic mass is 19.1. The van der Waals surface area contributed by atoms with E-state index in [0.29, 0.717) is 12.8 Å². The first-order valence-corrected chi connectivity index (χ1v) is 6.34. The van der Waals surface area contributed by atoms with E-state index in [2.05, 4.69) is 5.32 Å². The normalized spacial score (nSPS) is 17.0. The molecule has 0 radical (unpaired) electrons. The highest BCUT2D eigenvalue weighted by Gasteiger charge is 2.39. The standard InChI is InChI=1S/C14H18FNO2/c15-12-6-4-11(5-7-12)14(8-2-9-14)16-13(18)3-1-10-17/h4-7,17H,1-3,8-10H2,(H,16,18). The first-order chi connectivity index (χ1) is 8.66. The average molecular weight is 251 g/mol. The highest BCUT2D eigenvalue weighted by molar-refractivity contribution is 5.77. The third kappa shape index (κ3) is 2.70. The van der Waals surface area contributed by atoms with Crippen LogP contribution in [-0.2, 0) is 10.3 Å². The lowest BCUT2D eigenvalue weighted by atomic mass is 9.71. The molecule has 0 bridgehead atoms. The Morgan fingerprint density at radius 1 is 1.33 bits per heavy atom. The third-order valence-electron chi connectivity index (χ3n) is 3.54. The summed E-state index contributed by atoms with van der Waals surface area (Å²) in [6, 6.07) is 6.33. The molecule has 98 valence electrons. The van der Waals surface area contributed by atoms with Crippen LogP contribution in [0.1, 0.15) is 37.7 Å². The summed E-state index contributed by atoms with van der Waals surface area (Å²) in [6.45, 7) is 0.0248. The van der Waals surface area contributed by atoms with Gasteiger partial charge in [-0.2, -0.15) is 0 Å². The molecule has 0 atom stereocenters. The first-order valence-electron chi connectivity index (χ1n) is 6.34. The zero-order valence-corrected chi connectivity index (χ0v) is 10.3. The van der Waals surface area contributed by atoms with Crippen LogP contribution in [0, 0.1) is 5.82 Å². The number of hydrogen-bond donors (Lipinski definition) is 2. The number of rotatable bonds is 5. The van der Waals surface area contributed by atoms with E-state index in [1.54, 1.807) is 12.1 Å². The number of amides is 1. The largest absolute Gasteiger partial charge is 0.396 e. The smallest absolute Gasteiger partial charge is 0.220 e. The maximum absolute atomic E-state index is 12.9. The number of aliphatic hydroxyl groups excluding tert-OH is 1. The van der Waals surface area contributed by atoms with Crippen LogP contribution >= 0.6 is 0 Å². The van der Waals surface area contributed by atoms with Crippen molar-refractivity contribution >= 4 is 5.91 Å². The van der Waals surface area contributed by atoms with Crippen LogP contribution in [0.4, 0.5) is 4.39 Å². The molecule has 0 saturated heterocycles. The summed E-state index contributed by atoms with van der Waals surface area (Å²) < 4.78 is 12.9. The minimum Gasteiger partial charge on any atom is -0.396 e. The van der Waals surface area contributed by atoms with E-state index in [0.717, 1.165) is 24.8 Å². The van der Waals surface area contributed by atoms with Crippen LogP contribution in [0.2, 0.25) is 0 Å². The van der Waals surface area contributed by atoms with Gasteiger partial charge in [-0.1, -0.05) is 12.1 Å². The van der Waals surface area contributed by atoms with Crippen LogP contribution in [0.5, 0.6) is 0 Å². The van der Waals surface area contributed by atoms with Gasteiger partial charge < -0.3 is 10.4 Å². The van der Waals surface area contributed by atoms with Crippen molar-refractivity contribution in [3.05, 3.63) is 35.6 Å². The summed E-state index contributed by atoms with van der Waals surface area (Å²) in [4.78, 5) is 11.8. The van der Waals surface area contributed by atoms with Crippen LogP contribution < -0.4 is 5.32 Å². The number of aliphatic hydroxyl groups is 1. The number of carbonyl (C=O) groups is 1. The predicted molar refractivity (Wildman–Crippen MR) is 66.4 cm³/mol. The molecule has 1 aliphatic carbocycles. The van der Waals surface area contributed by atoms with E-state index < -0.39 is 0 Å². The van der Waals surface area contributed by atoms with Crippen LogP contribution in [0.15, 0.2) is 24.3 Å². The van der Waals surface area contributed by atoms with Crippen molar-refractivity contribution in [1.29, 1.82) is 0 Å². The summed E-state index contributed by atoms with van der Waals surface area (Å²) in [5, 5.41) is 11.7. The lowest BCUT2D eigenvalue weighted by Crippen LogP contribution is -2.50. The van der Waals surface area contributed by atoms with Gasteiger partial charge in [-0.15, -0.1) is 0 Å². The first kappa shape index (κ1) is 13.0. The van der Waals surface area contributed by atoms with Gasteiger partial charge in [0.2, 0.25) is 5.91 Å². The lowest BCUT2D eigenvalue weighted by molar-refractivity contribution is -0.124. The van der Waals surface area contributed by atoms with Crippen LogP contribution in [0.25, 0.3) is 0 Å². The van der Waals surface area contributed by atoms with Crippen molar-refractivity contribution in [2.45, 2.75) is 37.6 Å². The van der Waals surface area contributed by atoms with Gasteiger partial charge in [0.1, 0.15) is 5.82 Å². The van der Waals surface area contributed by atoms with Crippen molar-refractivity contribution in [3.63, 3.8) is 0 Å². The van der Waals surface area contributed by atoms with E-state index in [1.165, 1.54) is 12.1 Å². The van der Waals surface area contributed by atoms with Gasteiger partial charge in [-0.3, -0.25) is 4.79 Å². The SMILES string of the molecule is O=C(CCCO)NC1(c2ccc(F)cc2)CCC1. The molecule has 3 nitrogen and oxygen atoms in total. The molecule has 18 heavy (non-hydrogen) atoms. The molecule has 1 aromatic rings. The number of nitrogens with one attached hydrogen (secondary N) is 1. The average Bonchev–Trinajstić information content (AvgIpc) is 2.32. The molecule has 1 fully saturated rings. The maximum atomic E-state index is 12.9. The van der Waals surface area contributed by atoms with E-state index in [9.17, 15) is 9.18 Å². The molecule has 2 rings (SSSR count). The summed E-state index contributed by atoms with van der Waals surface area (Å²) in [7, 11) is 0. The minimum atomic E-state index is -0.319. The van der Waals surface area contributed by atoms with Crippen molar-refractivity contribution in [1.82, 2.24) is 5.32 Å². The summed E-state index contributed by atoms with van der Waals surface area (Å²) in [5.74, 6) is -0.312. The molecule has 0 spiro atoms. The molecule has 1 aliphatic rings. The van der Waals surface area contributed by atoms with Gasteiger partial charge in [-0.05, 0) is 43.4 Å². The second-order valence-electron chi connectivity index (χ2n) is 4.82. The third-order valence-corrected chi connectivity index (χ3v) is 3.54. The number of halogens is 1. The topological polar surface area (TPSA) is 49.3 Å². The van der Waals surface area contributed by atoms with Gasteiger partial charge in [0.15, 0.2) is 0 Å². The maximum Gasteiger partial charge on any atom is 0.220 e. The molecule has 0 aliphatic heterocycles. The molecule has 0 unspecified atom stereocenters. The highest BCUT2D eigenvalue weighted by Crippen LogP contribution is 2.41. The minimum absolute atomic E-state index is 0.0248. The molecule has 0 heterocycles. The van der Waals surface area contributed by atoms with Crippen LogP contribution in [-0.4, -0.2) is 17.6 Å². The quantitative estimate of drug-likeness (QED) is 0.842. The predicted octanol–water partition coefficient (Wildman–Crippen LogP) is 2.09. The van der Waals surface area contributed by atoms with Crippen LogP contribution in [0.3, 0.4) is 0 Å². The Labute approximate surface area is 106 Å². The van der Waals surface area contributed by atoms with Gasteiger partial charge in [0.05, 0.1) is 5.54 Å². The number of carbonyl (C=O) groups excluding carboxylic acids is 1. The van der Waals surface area contributed by atoms with Gasteiger partial charge in [0.25, 0.3) is 0 Å². The second kappa shape index (κ2) is 5.48. The second-order valence-corrected chi connectivity index (χ2v) is 4.82. The Morgan fingerprint density at radius 2 is 2.00 bits per heavy atom. The zero-order valence-electron chi connectivity index (χ0n) is 10.3. The molecule has 1 amide bonds. The molecule has 1 aromatic carbocycles. The van der Waals surface area contributed by atoms with E-state index in [-0.39, 0.29) is 23.9 Å². The van der Waals surface area contributed by atoms with E-state index in [4.69, 9.17) is 5.11 Å². The van der Waals surface area contributed by atoms with E-state index in [1.807, 2.05) is 0 Å². The van der Waals surface area contributed by atoms with Crippen molar-refractivity contribution in [2.24, 2.45) is 0 Å². The fourth-order valence-electron chi connectivity index (χ4n) is 2.35. The molecule has 0 aromatic heterocycles. The lowest BCUT2D eigenvalue weighted by Gasteiger charge is -2.43. The summed E-state index contributed by atoms with van der Waals surface area (Å²) >= 11 is 0. The Bertz CT molecular complexity index is 412. The fraction of sp³-hybridized carbons (Fsp3) is 0.500.